The van der Waals surface area contributed by atoms with Crippen molar-refractivity contribution in [2.24, 2.45) is 0 Å². The lowest BCUT2D eigenvalue weighted by atomic mass is 10.2. The molecule has 0 saturated carbocycles. The van der Waals surface area contributed by atoms with Crippen LogP contribution in [0.2, 0.25) is 0 Å². The molecule has 0 aliphatic carbocycles. The van der Waals surface area contributed by atoms with Gasteiger partial charge in [-0.25, -0.2) is 0 Å². The summed E-state index contributed by atoms with van der Waals surface area (Å²) < 4.78 is 5.52. The predicted octanol–water partition coefficient (Wildman–Crippen LogP) is 2.02. The van der Waals surface area contributed by atoms with E-state index in [0.29, 0.717) is 12.6 Å². The topological polar surface area (TPSA) is 29.5 Å². The number of carbonyl (C=O) groups excluding carboxylic acids is 1. The first kappa shape index (κ1) is 11.1. The van der Waals surface area contributed by atoms with Crippen molar-refractivity contribution < 1.29 is 9.53 Å². The molecule has 90 valence electrons. The minimum absolute atomic E-state index is 0.150. The van der Waals surface area contributed by atoms with Crippen LogP contribution in [0.5, 0.6) is 0 Å². The number of ether oxygens (including phenoxy) is 1. The van der Waals surface area contributed by atoms with Gasteiger partial charge >= 0.3 is 0 Å². The van der Waals surface area contributed by atoms with Crippen molar-refractivity contribution in [2.75, 3.05) is 19.4 Å². The van der Waals surface area contributed by atoms with Gasteiger partial charge in [-0.2, -0.15) is 0 Å². The van der Waals surface area contributed by atoms with Gasteiger partial charge in [0.2, 0.25) is 0 Å². The van der Waals surface area contributed by atoms with Crippen molar-refractivity contribution in [3.8, 4) is 0 Å². The summed E-state index contributed by atoms with van der Waals surface area (Å²) in [5, 5.41) is 0. The lowest BCUT2D eigenvalue weighted by Crippen LogP contribution is -2.41. The molecule has 0 spiro atoms. The summed E-state index contributed by atoms with van der Waals surface area (Å²) >= 11 is 1.66. The van der Waals surface area contributed by atoms with Gasteiger partial charge in [0.25, 0.3) is 5.91 Å². The summed E-state index contributed by atoms with van der Waals surface area (Å²) in [5.41, 5.74) is 0.796. The summed E-state index contributed by atoms with van der Waals surface area (Å²) in [6, 6.07) is 8.14. The molecule has 2 atom stereocenters. The average Bonchev–Trinajstić information content (AvgIpc) is 3.00. The van der Waals surface area contributed by atoms with Crippen molar-refractivity contribution in [3.05, 3.63) is 29.8 Å². The highest BCUT2D eigenvalue weighted by Crippen LogP contribution is 2.29. The van der Waals surface area contributed by atoms with Crippen molar-refractivity contribution >= 4 is 17.7 Å². The Hall–Kier alpha value is -1.00. The van der Waals surface area contributed by atoms with E-state index in [9.17, 15) is 4.79 Å². The molecule has 3 rings (SSSR count). The Bertz CT molecular complexity index is 449. The van der Waals surface area contributed by atoms with Gasteiger partial charge < -0.3 is 9.64 Å². The summed E-state index contributed by atoms with van der Waals surface area (Å²) in [4.78, 5) is 15.5. The zero-order valence-electron chi connectivity index (χ0n) is 9.76. The highest BCUT2D eigenvalue weighted by Gasteiger charge is 2.41. The van der Waals surface area contributed by atoms with Crippen LogP contribution in [0.3, 0.4) is 0 Å². The number of hydrogen-bond acceptors (Lipinski definition) is 3. The molecule has 17 heavy (non-hydrogen) atoms. The van der Waals surface area contributed by atoms with E-state index < -0.39 is 0 Å². The van der Waals surface area contributed by atoms with E-state index >= 15 is 0 Å². The quantitative estimate of drug-likeness (QED) is 0.751. The second-order valence-electron chi connectivity index (χ2n) is 4.53. The van der Waals surface area contributed by atoms with Crippen LogP contribution in [0.25, 0.3) is 0 Å². The van der Waals surface area contributed by atoms with Crippen LogP contribution in [0.4, 0.5) is 0 Å². The maximum absolute atomic E-state index is 12.4. The molecule has 1 aromatic rings. The Balaban J connectivity index is 1.81. The van der Waals surface area contributed by atoms with Crippen LogP contribution in [0, 0.1) is 0 Å². The molecule has 0 unspecified atom stereocenters. The Morgan fingerprint density at radius 2 is 2.41 bits per heavy atom. The zero-order valence-corrected chi connectivity index (χ0v) is 10.6. The van der Waals surface area contributed by atoms with Crippen LogP contribution in [-0.2, 0) is 4.74 Å². The lowest BCUT2D eigenvalue weighted by Gasteiger charge is -2.27. The number of rotatable bonds is 2. The highest BCUT2D eigenvalue weighted by molar-refractivity contribution is 7.98. The van der Waals surface area contributed by atoms with Crippen molar-refractivity contribution in [2.45, 2.75) is 23.5 Å². The number of hydrogen-bond donors (Lipinski definition) is 0. The second-order valence-corrected chi connectivity index (χ2v) is 5.41. The highest BCUT2D eigenvalue weighted by atomic mass is 32.2. The van der Waals surface area contributed by atoms with Gasteiger partial charge in [-0.3, -0.25) is 4.79 Å². The van der Waals surface area contributed by atoms with Crippen LogP contribution >= 0.6 is 11.8 Å². The molecule has 4 heteroatoms. The molecule has 1 amide bonds. The molecule has 2 fully saturated rings. The van der Waals surface area contributed by atoms with E-state index in [1.807, 2.05) is 35.4 Å². The fourth-order valence-electron chi connectivity index (χ4n) is 2.57. The molecular weight excluding hydrogens is 234 g/mol. The van der Waals surface area contributed by atoms with E-state index in [2.05, 4.69) is 0 Å². The molecule has 2 saturated heterocycles. The first-order valence-corrected chi connectivity index (χ1v) is 7.07. The molecule has 2 heterocycles. The fourth-order valence-corrected chi connectivity index (χ4v) is 3.03. The molecule has 0 radical (unpaired) electrons. The Kier molecular flexibility index (Phi) is 2.84. The number of morpholine rings is 1. The van der Waals surface area contributed by atoms with Crippen molar-refractivity contribution in [1.29, 1.82) is 0 Å². The van der Waals surface area contributed by atoms with Gasteiger partial charge in [0.15, 0.2) is 0 Å². The number of benzene rings is 1. The standard InChI is InChI=1S/C13H15NO2S/c1-17-12-4-2-3-9(5-12)13(15)14-7-11-6-10(14)8-16-11/h2-5,10-11H,6-8H2,1H3/t10-,11+/m0/s1. The molecule has 0 aromatic heterocycles. The van der Waals surface area contributed by atoms with E-state index in [0.717, 1.165) is 23.4 Å². The van der Waals surface area contributed by atoms with Gasteiger partial charge in [0, 0.05) is 17.0 Å². The Labute approximate surface area is 105 Å². The van der Waals surface area contributed by atoms with Crippen LogP contribution < -0.4 is 0 Å². The smallest absolute Gasteiger partial charge is 0.254 e. The van der Waals surface area contributed by atoms with Gasteiger partial charge in [-0.15, -0.1) is 11.8 Å². The normalized spacial score (nSPS) is 26.5. The van der Waals surface area contributed by atoms with Gasteiger partial charge in [0.05, 0.1) is 18.8 Å². The number of thioether (sulfide) groups is 1. The first-order chi connectivity index (χ1) is 8.28. The average molecular weight is 249 g/mol. The fraction of sp³-hybridized carbons (Fsp3) is 0.462. The Morgan fingerprint density at radius 3 is 3.06 bits per heavy atom. The molecule has 2 aliphatic rings. The zero-order chi connectivity index (χ0) is 11.8. The molecule has 2 aliphatic heterocycles. The molecule has 3 nitrogen and oxygen atoms in total. The minimum atomic E-state index is 0.150. The van der Waals surface area contributed by atoms with Crippen molar-refractivity contribution in [3.63, 3.8) is 0 Å². The van der Waals surface area contributed by atoms with Gasteiger partial charge in [-0.05, 0) is 30.9 Å². The Morgan fingerprint density at radius 1 is 1.53 bits per heavy atom. The maximum atomic E-state index is 12.4. The second kappa shape index (κ2) is 4.35. The molecule has 1 aromatic carbocycles. The third-order valence-corrected chi connectivity index (χ3v) is 4.20. The molecule has 2 bridgehead atoms. The van der Waals surface area contributed by atoms with E-state index in [1.54, 1.807) is 11.8 Å². The maximum Gasteiger partial charge on any atom is 0.254 e. The molecular formula is C13H15NO2S. The third kappa shape index (κ3) is 1.96. The van der Waals surface area contributed by atoms with E-state index in [1.165, 1.54) is 0 Å². The summed E-state index contributed by atoms with van der Waals surface area (Å²) in [5.74, 6) is 0.150. The van der Waals surface area contributed by atoms with E-state index in [-0.39, 0.29) is 12.0 Å². The van der Waals surface area contributed by atoms with Crippen molar-refractivity contribution in [1.82, 2.24) is 4.90 Å². The number of nitrogens with zero attached hydrogens (tertiary/aromatic N) is 1. The van der Waals surface area contributed by atoms with Gasteiger partial charge in [0.1, 0.15) is 0 Å². The van der Waals surface area contributed by atoms with Crippen LogP contribution in [-0.4, -0.2) is 42.4 Å². The predicted molar refractivity (Wildman–Crippen MR) is 67.4 cm³/mol. The SMILES string of the molecule is CSc1cccc(C(=O)N2C[C@H]3C[C@H]2CO3)c1. The number of amides is 1. The van der Waals surface area contributed by atoms with Gasteiger partial charge in [-0.1, -0.05) is 6.07 Å². The summed E-state index contributed by atoms with van der Waals surface area (Å²) in [6.07, 6.45) is 3.30. The number of carbonyl (C=O) groups is 1. The lowest BCUT2D eigenvalue weighted by molar-refractivity contribution is 0.0259. The largest absolute Gasteiger partial charge is 0.374 e. The molecule has 0 N–H and O–H groups in total. The van der Waals surface area contributed by atoms with E-state index in [4.69, 9.17) is 4.74 Å². The van der Waals surface area contributed by atoms with Crippen LogP contribution in [0.1, 0.15) is 16.8 Å². The third-order valence-electron chi connectivity index (χ3n) is 3.48. The monoisotopic (exact) mass is 249 g/mol. The van der Waals surface area contributed by atoms with Crippen LogP contribution in [0.15, 0.2) is 29.2 Å². The minimum Gasteiger partial charge on any atom is -0.374 e. The summed E-state index contributed by atoms with van der Waals surface area (Å²) in [7, 11) is 0. The summed E-state index contributed by atoms with van der Waals surface area (Å²) in [6.45, 7) is 1.46. The number of likely N-dealkylation sites (tertiary alicyclic amines) is 1. The number of fused-ring (bicyclic) bond motifs is 2. The first-order valence-electron chi connectivity index (χ1n) is 5.84.